The van der Waals surface area contributed by atoms with Gasteiger partial charge in [0.15, 0.2) is 5.17 Å². The number of amidine groups is 1. The lowest BCUT2D eigenvalue weighted by atomic mass is 10.1. The molecule has 108 valence electrons. The topological polar surface area (TPSA) is 24.4 Å². The predicted molar refractivity (Wildman–Crippen MR) is 89.2 cm³/mol. The zero-order valence-electron chi connectivity index (χ0n) is 11.2. The summed E-state index contributed by atoms with van der Waals surface area (Å²) in [4.78, 5) is 4.68. The highest BCUT2D eigenvalue weighted by Gasteiger charge is 2.31. The van der Waals surface area contributed by atoms with Crippen LogP contribution in [-0.2, 0) is 6.42 Å². The van der Waals surface area contributed by atoms with E-state index >= 15 is 0 Å². The smallest absolute Gasteiger partial charge is 0.156 e. The molecule has 1 aromatic carbocycles. The molecule has 2 unspecified atom stereocenters. The molecule has 5 heteroatoms. The fourth-order valence-electron chi connectivity index (χ4n) is 2.91. The molecule has 0 radical (unpaired) electrons. The van der Waals surface area contributed by atoms with Crippen LogP contribution in [0.5, 0.6) is 0 Å². The van der Waals surface area contributed by atoms with Crippen LogP contribution in [0.15, 0.2) is 23.2 Å². The Morgan fingerprint density at radius 3 is 3.05 bits per heavy atom. The molecule has 1 aromatic rings. The molecular weight excluding hydrogens is 311 g/mol. The number of thioether (sulfide) groups is 1. The molecule has 0 bridgehead atoms. The van der Waals surface area contributed by atoms with E-state index in [2.05, 4.69) is 10.3 Å². The quantitative estimate of drug-likeness (QED) is 0.889. The van der Waals surface area contributed by atoms with Gasteiger partial charge in [0.2, 0.25) is 0 Å². The zero-order valence-corrected chi connectivity index (χ0v) is 13.6. The third-order valence-electron chi connectivity index (χ3n) is 4.05. The molecule has 2 fully saturated rings. The van der Waals surface area contributed by atoms with Crippen molar-refractivity contribution < 1.29 is 0 Å². The number of aliphatic imine (C=N–C) groups is 1. The molecule has 1 heterocycles. The minimum absolute atomic E-state index is 0.661. The largest absolute Gasteiger partial charge is 0.362 e. The molecule has 2 atom stereocenters. The van der Waals surface area contributed by atoms with Crippen molar-refractivity contribution in [2.45, 2.75) is 31.7 Å². The second kappa shape index (κ2) is 6.59. The second-order valence-electron chi connectivity index (χ2n) is 5.43. The van der Waals surface area contributed by atoms with Gasteiger partial charge in [0.25, 0.3) is 0 Å². The maximum absolute atomic E-state index is 6.17. The van der Waals surface area contributed by atoms with Gasteiger partial charge in [0, 0.05) is 28.4 Å². The summed E-state index contributed by atoms with van der Waals surface area (Å²) in [6, 6.07) is 6.32. The highest BCUT2D eigenvalue weighted by atomic mass is 35.5. The minimum atomic E-state index is 0.661. The van der Waals surface area contributed by atoms with Crippen molar-refractivity contribution in [3.8, 4) is 0 Å². The van der Waals surface area contributed by atoms with E-state index in [1.807, 2.05) is 23.9 Å². The molecule has 0 spiro atoms. The van der Waals surface area contributed by atoms with Crippen LogP contribution in [0.3, 0.4) is 0 Å². The van der Waals surface area contributed by atoms with Gasteiger partial charge in [-0.15, -0.1) is 0 Å². The summed E-state index contributed by atoms with van der Waals surface area (Å²) in [5, 5.41) is 6.11. The standard InChI is InChI=1S/C15H18Cl2N2S/c16-12-5-4-10(13(17)8-12)6-7-18-15-19-14-3-1-2-11(14)9-20-15/h4-5,8,11,14H,1-3,6-7,9H2,(H,18,19). The van der Waals surface area contributed by atoms with Gasteiger partial charge in [0.05, 0.1) is 0 Å². The van der Waals surface area contributed by atoms with Crippen LogP contribution in [0.4, 0.5) is 0 Å². The van der Waals surface area contributed by atoms with Crippen molar-refractivity contribution in [2.75, 3.05) is 12.3 Å². The fourth-order valence-corrected chi connectivity index (χ4v) is 4.60. The minimum Gasteiger partial charge on any atom is -0.362 e. The maximum Gasteiger partial charge on any atom is 0.156 e. The summed E-state index contributed by atoms with van der Waals surface area (Å²) >= 11 is 13.9. The van der Waals surface area contributed by atoms with E-state index in [-0.39, 0.29) is 0 Å². The summed E-state index contributed by atoms with van der Waals surface area (Å²) in [5.74, 6) is 2.07. The van der Waals surface area contributed by atoms with E-state index in [0.29, 0.717) is 11.1 Å². The Kier molecular flexibility index (Phi) is 4.79. The average Bonchev–Trinajstić information content (AvgIpc) is 2.89. The number of nitrogens with one attached hydrogen (secondary N) is 1. The Hall–Kier alpha value is -0.380. The first-order valence-electron chi connectivity index (χ1n) is 7.10. The molecule has 3 rings (SSSR count). The summed E-state index contributed by atoms with van der Waals surface area (Å²) in [7, 11) is 0. The van der Waals surface area contributed by atoms with Gasteiger partial charge >= 0.3 is 0 Å². The van der Waals surface area contributed by atoms with Crippen molar-refractivity contribution in [1.29, 1.82) is 0 Å². The van der Waals surface area contributed by atoms with E-state index in [4.69, 9.17) is 23.2 Å². The highest BCUT2D eigenvalue weighted by molar-refractivity contribution is 8.13. The van der Waals surface area contributed by atoms with Crippen LogP contribution in [0.25, 0.3) is 0 Å². The third kappa shape index (κ3) is 3.44. The predicted octanol–water partition coefficient (Wildman–Crippen LogP) is 4.40. The Labute approximate surface area is 134 Å². The first kappa shape index (κ1) is 14.6. The third-order valence-corrected chi connectivity index (χ3v) is 5.76. The van der Waals surface area contributed by atoms with Crippen LogP contribution >= 0.6 is 35.0 Å². The Morgan fingerprint density at radius 1 is 1.30 bits per heavy atom. The SMILES string of the molecule is Clc1ccc(CCN=C2NC3CCCC3CS2)c(Cl)c1. The van der Waals surface area contributed by atoms with Crippen molar-refractivity contribution in [3.63, 3.8) is 0 Å². The molecule has 1 N–H and O–H groups in total. The normalized spacial score (nSPS) is 27.4. The lowest BCUT2D eigenvalue weighted by Gasteiger charge is -2.28. The molecule has 1 aliphatic carbocycles. The van der Waals surface area contributed by atoms with Crippen molar-refractivity contribution >= 4 is 40.1 Å². The van der Waals surface area contributed by atoms with Gasteiger partial charge in [0.1, 0.15) is 0 Å². The Morgan fingerprint density at radius 2 is 2.20 bits per heavy atom. The number of hydrogen-bond acceptors (Lipinski definition) is 2. The number of hydrogen-bond donors (Lipinski definition) is 1. The van der Waals surface area contributed by atoms with E-state index in [1.165, 1.54) is 25.0 Å². The molecule has 0 aromatic heterocycles. The second-order valence-corrected chi connectivity index (χ2v) is 7.28. The van der Waals surface area contributed by atoms with Gasteiger partial charge in [-0.1, -0.05) is 47.5 Å². The summed E-state index contributed by atoms with van der Waals surface area (Å²) in [5.41, 5.74) is 1.11. The number of rotatable bonds is 3. The van der Waals surface area contributed by atoms with Crippen LogP contribution < -0.4 is 5.32 Å². The highest BCUT2D eigenvalue weighted by Crippen LogP contribution is 2.32. The molecule has 1 saturated carbocycles. The monoisotopic (exact) mass is 328 g/mol. The average molecular weight is 329 g/mol. The molecule has 1 aliphatic heterocycles. The summed E-state index contributed by atoms with van der Waals surface area (Å²) < 4.78 is 0. The number of nitrogens with zero attached hydrogens (tertiary/aromatic N) is 1. The molecule has 0 amide bonds. The maximum atomic E-state index is 6.17. The molecular formula is C15H18Cl2N2S. The van der Waals surface area contributed by atoms with Crippen molar-refractivity contribution in [3.05, 3.63) is 33.8 Å². The lowest BCUT2D eigenvalue weighted by Crippen LogP contribution is -2.41. The van der Waals surface area contributed by atoms with Gasteiger partial charge < -0.3 is 5.32 Å². The van der Waals surface area contributed by atoms with Crippen LogP contribution in [-0.4, -0.2) is 23.5 Å². The number of benzene rings is 1. The zero-order chi connectivity index (χ0) is 13.9. The van der Waals surface area contributed by atoms with Gasteiger partial charge in [-0.3, -0.25) is 4.99 Å². The Balaban J connectivity index is 1.55. The first-order valence-corrected chi connectivity index (χ1v) is 8.84. The summed E-state index contributed by atoms with van der Waals surface area (Å²) in [6.07, 6.45) is 4.89. The van der Waals surface area contributed by atoms with Crippen LogP contribution in [0.1, 0.15) is 24.8 Å². The van der Waals surface area contributed by atoms with E-state index in [1.54, 1.807) is 6.07 Å². The lowest BCUT2D eigenvalue weighted by molar-refractivity contribution is 0.490. The summed E-state index contributed by atoms with van der Waals surface area (Å²) in [6.45, 7) is 0.772. The van der Waals surface area contributed by atoms with Gasteiger partial charge in [-0.05, 0) is 42.9 Å². The Bertz CT molecular complexity index is 519. The van der Waals surface area contributed by atoms with Gasteiger partial charge in [-0.25, -0.2) is 0 Å². The van der Waals surface area contributed by atoms with Crippen molar-refractivity contribution in [1.82, 2.24) is 5.32 Å². The van der Waals surface area contributed by atoms with E-state index in [9.17, 15) is 0 Å². The molecule has 1 saturated heterocycles. The molecule has 2 nitrogen and oxygen atoms in total. The first-order chi connectivity index (χ1) is 9.72. The van der Waals surface area contributed by atoms with Crippen LogP contribution in [0.2, 0.25) is 10.0 Å². The fraction of sp³-hybridized carbons (Fsp3) is 0.533. The number of halogens is 2. The molecule has 20 heavy (non-hydrogen) atoms. The van der Waals surface area contributed by atoms with E-state index < -0.39 is 0 Å². The van der Waals surface area contributed by atoms with Crippen LogP contribution in [0, 0.1) is 5.92 Å². The number of fused-ring (bicyclic) bond motifs is 1. The van der Waals surface area contributed by atoms with Gasteiger partial charge in [-0.2, -0.15) is 0 Å². The molecule has 2 aliphatic rings. The van der Waals surface area contributed by atoms with E-state index in [0.717, 1.165) is 34.6 Å². The van der Waals surface area contributed by atoms with Crippen molar-refractivity contribution in [2.24, 2.45) is 10.9 Å².